The van der Waals surface area contributed by atoms with E-state index in [4.69, 9.17) is 11.6 Å². The Labute approximate surface area is 123 Å². The van der Waals surface area contributed by atoms with Gasteiger partial charge in [-0.05, 0) is 49.4 Å². The summed E-state index contributed by atoms with van der Waals surface area (Å²) in [7, 11) is 0. The van der Waals surface area contributed by atoms with Gasteiger partial charge >= 0.3 is 0 Å². The lowest BCUT2D eigenvalue weighted by Crippen LogP contribution is -2.13. The van der Waals surface area contributed by atoms with Crippen LogP contribution in [0, 0.1) is 5.92 Å². The number of aromatic nitrogens is 2. The van der Waals surface area contributed by atoms with Crippen LogP contribution in [-0.4, -0.2) is 14.9 Å². The van der Waals surface area contributed by atoms with Crippen molar-refractivity contribution in [1.82, 2.24) is 9.78 Å². The number of nitrogens with one attached hydrogen (secondary N) is 1. The van der Waals surface area contributed by atoms with E-state index < -0.39 is 0 Å². The molecule has 0 spiro atoms. The molecule has 0 amide bonds. The molecule has 1 atom stereocenters. The molecular formula is C15H18ClN3O. The van der Waals surface area contributed by atoms with Crippen LogP contribution in [0.5, 0.6) is 5.75 Å². The normalized spacial score (nSPS) is 16.1. The first-order valence-corrected chi connectivity index (χ1v) is 7.27. The van der Waals surface area contributed by atoms with Gasteiger partial charge in [0.2, 0.25) is 0 Å². The number of phenolic OH excluding ortho intramolecular Hbond substituents is 1. The molecule has 5 heteroatoms. The van der Waals surface area contributed by atoms with Crippen LogP contribution in [0.25, 0.3) is 0 Å². The molecule has 1 aliphatic rings. The predicted molar refractivity (Wildman–Crippen MR) is 80.1 cm³/mol. The molecule has 1 unspecified atom stereocenters. The van der Waals surface area contributed by atoms with Crippen molar-refractivity contribution < 1.29 is 5.11 Å². The minimum atomic E-state index is 0.189. The van der Waals surface area contributed by atoms with Gasteiger partial charge in [0.05, 0.1) is 12.2 Å². The number of hydrogen-bond donors (Lipinski definition) is 2. The molecule has 0 radical (unpaired) electrons. The Balaban J connectivity index is 1.70. The van der Waals surface area contributed by atoms with E-state index in [9.17, 15) is 5.11 Å². The maximum Gasteiger partial charge on any atom is 0.124 e. The Morgan fingerprint density at radius 2 is 2.25 bits per heavy atom. The Kier molecular flexibility index (Phi) is 3.57. The summed E-state index contributed by atoms with van der Waals surface area (Å²) in [5.41, 5.74) is 0.946. The van der Waals surface area contributed by atoms with E-state index in [2.05, 4.69) is 17.3 Å². The van der Waals surface area contributed by atoms with Crippen LogP contribution in [0.2, 0.25) is 5.02 Å². The Morgan fingerprint density at radius 3 is 2.95 bits per heavy atom. The summed E-state index contributed by atoms with van der Waals surface area (Å²) in [6, 6.07) is 7.50. The second-order valence-corrected chi connectivity index (χ2v) is 5.85. The average Bonchev–Trinajstić information content (AvgIpc) is 3.13. The van der Waals surface area contributed by atoms with Gasteiger partial charge < -0.3 is 10.4 Å². The number of nitrogens with zero attached hydrogens (tertiary/aromatic N) is 2. The van der Waals surface area contributed by atoms with Crippen LogP contribution in [0.1, 0.15) is 31.4 Å². The van der Waals surface area contributed by atoms with E-state index in [1.165, 1.54) is 18.9 Å². The van der Waals surface area contributed by atoms with Crippen molar-refractivity contribution in [3.05, 3.63) is 41.0 Å². The fourth-order valence-electron chi connectivity index (χ4n) is 2.49. The third-order valence-electron chi connectivity index (χ3n) is 3.78. The molecule has 2 aromatic rings. The zero-order chi connectivity index (χ0) is 14.1. The number of anilines is 1. The molecule has 0 saturated heterocycles. The SMILES string of the molecule is CC(C1CC1)n1nccc1NCc1cc(O)cc(Cl)c1. The highest BCUT2D eigenvalue weighted by Crippen LogP contribution is 2.40. The van der Waals surface area contributed by atoms with Gasteiger partial charge in [0.15, 0.2) is 0 Å². The van der Waals surface area contributed by atoms with Crippen molar-refractivity contribution in [2.24, 2.45) is 5.92 Å². The average molecular weight is 292 g/mol. The highest BCUT2D eigenvalue weighted by Gasteiger charge is 2.30. The van der Waals surface area contributed by atoms with Gasteiger partial charge in [-0.25, -0.2) is 4.68 Å². The summed E-state index contributed by atoms with van der Waals surface area (Å²) in [5.74, 6) is 1.95. The van der Waals surface area contributed by atoms with Crippen LogP contribution >= 0.6 is 11.6 Å². The van der Waals surface area contributed by atoms with Crippen molar-refractivity contribution in [1.29, 1.82) is 0 Å². The molecule has 1 aromatic carbocycles. The molecule has 1 aliphatic carbocycles. The summed E-state index contributed by atoms with van der Waals surface area (Å²) in [5, 5.41) is 17.9. The summed E-state index contributed by atoms with van der Waals surface area (Å²) in [4.78, 5) is 0. The van der Waals surface area contributed by atoms with Gasteiger partial charge in [-0.1, -0.05) is 11.6 Å². The number of hydrogen-bond acceptors (Lipinski definition) is 3. The largest absolute Gasteiger partial charge is 0.508 e. The van der Waals surface area contributed by atoms with Gasteiger partial charge in [0.1, 0.15) is 11.6 Å². The van der Waals surface area contributed by atoms with Gasteiger partial charge in [0.25, 0.3) is 0 Å². The summed E-state index contributed by atoms with van der Waals surface area (Å²) in [6.07, 6.45) is 4.40. The van der Waals surface area contributed by atoms with E-state index >= 15 is 0 Å². The van der Waals surface area contributed by atoms with Crippen LogP contribution in [0.3, 0.4) is 0 Å². The fourth-order valence-corrected chi connectivity index (χ4v) is 2.74. The molecule has 4 nitrogen and oxygen atoms in total. The molecule has 2 N–H and O–H groups in total. The second-order valence-electron chi connectivity index (χ2n) is 5.41. The first-order chi connectivity index (χ1) is 9.63. The number of phenols is 1. The molecule has 0 aliphatic heterocycles. The Bertz CT molecular complexity index is 587. The third-order valence-corrected chi connectivity index (χ3v) is 3.99. The smallest absolute Gasteiger partial charge is 0.124 e. The minimum Gasteiger partial charge on any atom is -0.508 e. The number of aromatic hydroxyl groups is 1. The molecule has 3 rings (SSSR count). The van der Waals surface area contributed by atoms with E-state index in [-0.39, 0.29) is 5.75 Å². The monoisotopic (exact) mass is 291 g/mol. The lowest BCUT2D eigenvalue weighted by atomic mass is 10.2. The quantitative estimate of drug-likeness (QED) is 0.880. The van der Waals surface area contributed by atoms with E-state index in [1.807, 2.05) is 23.0 Å². The number of rotatable bonds is 5. The standard InChI is InChI=1S/C15H18ClN3O/c1-10(12-2-3-12)19-15(4-5-18-19)17-9-11-6-13(16)8-14(20)7-11/h4-8,10,12,17,20H,2-3,9H2,1H3. The fraction of sp³-hybridized carbons (Fsp3) is 0.400. The van der Waals surface area contributed by atoms with Crippen molar-refractivity contribution in [3.8, 4) is 5.75 Å². The van der Waals surface area contributed by atoms with Gasteiger partial charge in [0, 0.05) is 17.6 Å². The van der Waals surface area contributed by atoms with Crippen molar-refractivity contribution in [3.63, 3.8) is 0 Å². The molecule has 1 aromatic heterocycles. The molecule has 1 heterocycles. The summed E-state index contributed by atoms with van der Waals surface area (Å²) in [6.45, 7) is 2.82. The lowest BCUT2D eigenvalue weighted by molar-refractivity contribution is 0.444. The van der Waals surface area contributed by atoms with E-state index in [0.717, 1.165) is 17.3 Å². The lowest BCUT2D eigenvalue weighted by Gasteiger charge is -2.16. The zero-order valence-electron chi connectivity index (χ0n) is 11.4. The van der Waals surface area contributed by atoms with Crippen molar-refractivity contribution >= 4 is 17.4 Å². The summed E-state index contributed by atoms with van der Waals surface area (Å²) < 4.78 is 2.04. The van der Waals surface area contributed by atoms with Gasteiger partial charge in [-0.2, -0.15) is 5.10 Å². The Hall–Kier alpha value is -1.68. The number of benzene rings is 1. The van der Waals surface area contributed by atoms with Crippen LogP contribution < -0.4 is 5.32 Å². The maximum absolute atomic E-state index is 9.55. The van der Waals surface area contributed by atoms with E-state index in [1.54, 1.807) is 6.07 Å². The first-order valence-electron chi connectivity index (χ1n) is 6.89. The Morgan fingerprint density at radius 1 is 1.45 bits per heavy atom. The van der Waals surface area contributed by atoms with Crippen molar-refractivity contribution in [2.75, 3.05) is 5.32 Å². The number of halogens is 1. The molecular weight excluding hydrogens is 274 g/mol. The van der Waals surface area contributed by atoms with Crippen LogP contribution in [0.4, 0.5) is 5.82 Å². The topological polar surface area (TPSA) is 50.1 Å². The zero-order valence-corrected chi connectivity index (χ0v) is 12.1. The van der Waals surface area contributed by atoms with Gasteiger partial charge in [-0.3, -0.25) is 0 Å². The minimum absolute atomic E-state index is 0.189. The van der Waals surface area contributed by atoms with Gasteiger partial charge in [-0.15, -0.1) is 0 Å². The molecule has 1 fully saturated rings. The first kappa shape index (κ1) is 13.3. The van der Waals surface area contributed by atoms with Crippen LogP contribution in [0.15, 0.2) is 30.5 Å². The maximum atomic E-state index is 9.55. The predicted octanol–water partition coefficient (Wildman–Crippen LogP) is 3.83. The molecule has 20 heavy (non-hydrogen) atoms. The molecule has 106 valence electrons. The molecule has 1 saturated carbocycles. The second kappa shape index (κ2) is 5.37. The van der Waals surface area contributed by atoms with Crippen LogP contribution in [-0.2, 0) is 6.54 Å². The highest BCUT2D eigenvalue weighted by atomic mass is 35.5. The third kappa shape index (κ3) is 2.90. The van der Waals surface area contributed by atoms with E-state index in [0.29, 0.717) is 17.6 Å². The summed E-state index contributed by atoms with van der Waals surface area (Å²) >= 11 is 5.94. The highest BCUT2D eigenvalue weighted by molar-refractivity contribution is 6.30. The molecule has 0 bridgehead atoms. The van der Waals surface area contributed by atoms with Crippen molar-refractivity contribution in [2.45, 2.75) is 32.4 Å².